The topological polar surface area (TPSA) is 211 Å². The quantitative estimate of drug-likeness (QED) is 0.165. The van der Waals surface area contributed by atoms with Crippen molar-refractivity contribution in [3.05, 3.63) is 0 Å². The maximum absolute atomic E-state index is 12.2. The Hall–Kier alpha value is -2.87. The molecule has 14 heteroatoms. The van der Waals surface area contributed by atoms with Gasteiger partial charge in [-0.3, -0.25) is 28.8 Å². The van der Waals surface area contributed by atoms with Crippen LogP contribution in [0.25, 0.3) is 0 Å². The van der Waals surface area contributed by atoms with Crippen LogP contribution >= 0.6 is 11.8 Å². The zero-order valence-corrected chi connectivity index (χ0v) is 17.9. The lowest BCUT2D eigenvalue weighted by molar-refractivity contribution is -0.151. The minimum absolute atomic E-state index is 0.0587. The molecule has 0 bridgehead atoms. The second-order valence-electron chi connectivity index (χ2n) is 6.25. The van der Waals surface area contributed by atoms with Crippen molar-refractivity contribution in [2.75, 3.05) is 32.3 Å². The fraction of sp³-hybridized carbons (Fsp3) is 0.647. The summed E-state index contributed by atoms with van der Waals surface area (Å²) in [6, 6.07) is -2.42. The lowest BCUT2D eigenvalue weighted by Gasteiger charge is -2.19. The lowest BCUT2D eigenvalue weighted by Crippen LogP contribution is -2.49. The standard InChI is InChI=1S/C17H27N3O10S/c1-29-14(24)5-9(17(28)30-2)7-31-8-11(15(25)19-6-13(22)23)20-12(21)4-3-10(18)16(26)27/h9-11H,3-8,18H2,1-2H3,(H,19,25)(H,20,21)(H,22,23)(H,26,27). The van der Waals surface area contributed by atoms with Crippen molar-refractivity contribution in [3.8, 4) is 0 Å². The van der Waals surface area contributed by atoms with Crippen LogP contribution in [0.4, 0.5) is 0 Å². The Labute approximate surface area is 182 Å². The van der Waals surface area contributed by atoms with E-state index in [4.69, 9.17) is 15.9 Å². The molecule has 0 aromatic rings. The molecule has 0 spiro atoms. The molecule has 31 heavy (non-hydrogen) atoms. The highest BCUT2D eigenvalue weighted by Crippen LogP contribution is 2.16. The molecular formula is C17H27N3O10S. The maximum Gasteiger partial charge on any atom is 0.322 e. The van der Waals surface area contributed by atoms with Gasteiger partial charge in [0.1, 0.15) is 18.6 Å². The van der Waals surface area contributed by atoms with Crippen LogP contribution in [0.1, 0.15) is 19.3 Å². The number of nitrogens with one attached hydrogen (secondary N) is 2. The molecule has 0 saturated heterocycles. The number of amides is 2. The predicted octanol–water partition coefficient (Wildman–Crippen LogP) is -2.05. The molecule has 13 nitrogen and oxygen atoms in total. The van der Waals surface area contributed by atoms with Gasteiger partial charge in [-0.05, 0) is 6.42 Å². The van der Waals surface area contributed by atoms with Gasteiger partial charge in [-0.2, -0.15) is 11.8 Å². The molecule has 0 heterocycles. The smallest absolute Gasteiger partial charge is 0.322 e. The van der Waals surface area contributed by atoms with Crippen molar-refractivity contribution in [2.45, 2.75) is 31.3 Å². The van der Waals surface area contributed by atoms with E-state index in [1.54, 1.807) is 0 Å². The number of hydrogen-bond acceptors (Lipinski definition) is 10. The average molecular weight is 465 g/mol. The number of carbonyl (C=O) groups is 6. The van der Waals surface area contributed by atoms with Crippen LogP contribution in [0.15, 0.2) is 0 Å². The van der Waals surface area contributed by atoms with Crippen LogP contribution in [0.5, 0.6) is 0 Å². The molecule has 0 aliphatic heterocycles. The molecule has 6 N–H and O–H groups in total. The number of methoxy groups -OCH3 is 2. The maximum atomic E-state index is 12.2. The van der Waals surface area contributed by atoms with Gasteiger partial charge in [-0.25, -0.2) is 0 Å². The lowest BCUT2D eigenvalue weighted by atomic mass is 10.1. The van der Waals surface area contributed by atoms with Crippen molar-refractivity contribution in [2.24, 2.45) is 11.7 Å². The van der Waals surface area contributed by atoms with E-state index in [1.165, 1.54) is 7.11 Å². The van der Waals surface area contributed by atoms with Gasteiger partial charge in [-0.15, -0.1) is 0 Å². The molecule has 0 aliphatic rings. The monoisotopic (exact) mass is 465 g/mol. The summed E-state index contributed by atoms with van der Waals surface area (Å²) >= 11 is 1.05. The third kappa shape index (κ3) is 12.4. The minimum atomic E-state index is -1.29. The molecule has 176 valence electrons. The highest BCUT2D eigenvalue weighted by Gasteiger charge is 2.26. The van der Waals surface area contributed by atoms with Gasteiger partial charge >= 0.3 is 23.9 Å². The Morgan fingerprint density at radius 3 is 2.19 bits per heavy atom. The van der Waals surface area contributed by atoms with Crippen LogP contribution < -0.4 is 16.4 Å². The zero-order valence-electron chi connectivity index (χ0n) is 17.1. The average Bonchev–Trinajstić information content (AvgIpc) is 2.73. The van der Waals surface area contributed by atoms with Gasteiger partial charge in [0.05, 0.1) is 26.6 Å². The Bertz CT molecular complexity index is 673. The number of aliphatic carboxylic acids is 2. The Balaban J connectivity index is 4.99. The number of hydrogen-bond donors (Lipinski definition) is 5. The molecule has 0 aliphatic carbocycles. The summed E-state index contributed by atoms with van der Waals surface area (Å²) in [4.78, 5) is 68.9. The van der Waals surface area contributed by atoms with Crippen LogP contribution in [0, 0.1) is 5.92 Å². The van der Waals surface area contributed by atoms with Crippen LogP contribution in [0.3, 0.4) is 0 Å². The van der Waals surface area contributed by atoms with E-state index in [-0.39, 0.29) is 30.8 Å². The largest absolute Gasteiger partial charge is 0.480 e. The normalized spacial score (nSPS) is 13.3. The molecule has 0 fully saturated rings. The van der Waals surface area contributed by atoms with Gasteiger partial charge in [0, 0.05) is 17.9 Å². The van der Waals surface area contributed by atoms with Gasteiger partial charge in [0.15, 0.2) is 0 Å². The zero-order chi connectivity index (χ0) is 24.0. The summed E-state index contributed by atoms with van der Waals surface area (Å²) in [7, 11) is 2.32. The third-order valence-electron chi connectivity index (χ3n) is 3.84. The highest BCUT2D eigenvalue weighted by molar-refractivity contribution is 7.99. The van der Waals surface area contributed by atoms with E-state index in [0.717, 1.165) is 18.9 Å². The van der Waals surface area contributed by atoms with Crippen molar-refractivity contribution < 1.29 is 48.5 Å². The van der Waals surface area contributed by atoms with Crippen molar-refractivity contribution >= 4 is 47.5 Å². The number of rotatable bonds is 15. The van der Waals surface area contributed by atoms with Crippen molar-refractivity contribution in [1.82, 2.24) is 10.6 Å². The number of thioether (sulfide) groups is 1. The molecule has 3 unspecified atom stereocenters. The Kier molecular flexibility index (Phi) is 13.6. The van der Waals surface area contributed by atoms with E-state index in [9.17, 15) is 28.8 Å². The van der Waals surface area contributed by atoms with Gasteiger partial charge in [0.25, 0.3) is 0 Å². The Morgan fingerprint density at radius 2 is 1.68 bits per heavy atom. The van der Waals surface area contributed by atoms with Crippen molar-refractivity contribution in [3.63, 3.8) is 0 Å². The minimum Gasteiger partial charge on any atom is -0.480 e. The number of carboxylic acids is 2. The molecule has 2 amide bonds. The van der Waals surface area contributed by atoms with E-state index in [2.05, 4.69) is 20.1 Å². The third-order valence-corrected chi connectivity index (χ3v) is 5.05. The summed E-state index contributed by atoms with van der Waals surface area (Å²) in [6.07, 6.45) is -0.680. The Morgan fingerprint density at radius 1 is 1.03 bits per heavy atom. The summed E-state index contributed by atoms with van der Waals surface area (Å²) in [6.45, 7) is -0.674. The summed E-state index contributed by atoms with van der Waals surface area (Å²) < 4.78 is 9.16. The first-order chi connectivity index (χ1) is 14.5. The van der Waals surface area contributed by atoms with E-state index in [0.29, 0.717) is 0 Å². The summed E-state index contributed by atoms with van der Waals surface area (Å²) in [5, 5.41) is 22.0. The molecule has 0 aromatic heterocycles. The van der Waals surface area contributed by atoms with Gasteiger partial charge in [-0.1, -0.05) is 0 Å². The number of carboxylic acid groups (broad SMARTS) is 2. The first-order valence-electron chi connectivity index (χ1n) is 9.01. The van der Waals surface area contributed by atoms with E-state index >= 15 is 0 Å². The molecular weight excluding hydrogens is 438 g/mol. The summed E-state index contributed by atoms with van der Waals surface area (Å²) in [5.41, 5.74) is 5.33. The first kappa shape index (κ1) is 28.1. The van der Waals surface area contributed by atoms with E-state index < -0.39 is 60.2 Å². The number of esters is 2. The first-order valence-corrected chi connectivity index (χ1v) is 10.2. The van der Waals surface area contributed by atoms with Crippen LogP contribution in [0.2, 0.25) is 0 Å². The second kappa shape index (κ2) is 15.0. The number of nitrogens with two attached hydrogens (primary N) is 1. The van der Waals surface area contributed by atoms with Gasteiger partial charge < -0.3 is 36.1 Å². The molecule has 0 rings (SSSR count). The van der Waals surface area contributed by atoms with Crippen LogP contribution in [-0.4, -0.2) is 90.3 Å². The second-order valence-corrected chi connectivity index (χ2v) is 7.33. The fourth-order valence-corrected chi connectivity index (χ4v) is 3.28. The molecule has 3 atom stereocenters. The highest BCUT2D eigenvalue weighted by atomic mass is 32.2. The fourth-order valence-electron chi connectivity index (χ4n) is 2.14. The SMILES string of the molecule is COC(=O)CC(CSCC(NC(=O)CCC(N)C(=O)O)C(=O)NCC(=O)O)C(=O)OC. The van der Waals surface area contributed by atoms with Crippen molar-refractivity contribution in [1.29, 1.82) is 0 Å². The molecule has 0 radical (unpaired) electrons. The molecule has 0 saturated carbocycles. The van der Waals surface area contributed by atoms with E-state index in [1.807, 2.05) is 0 Å². The van der Waals surface area contributed by atoms with Crippen LogP contribution in [-0.2, 0) is 38.2 Å². The number of carbonyl (C=O) groups excluding carboxylic acids is 4. The molecule has 0 aromatic carbocycles. The number of ether oxygens (including phenoxy) is 2. The summed E-state index contributed by atoms with van der Waals surface area (Å²) in [5.74, 6) is -6.15. The van der Waals surface area contributed by atoms with Gasteiger partial charge in [0.2, 0.25) is 11.8 Å². The predicted molar refractivity (Wildman–Crippen MR) is 107 cm³/mol.